The third-order valence-corrected chi connectivity index (χ3v) is 3.95. The summed E-state index contributed by atoms with van der Waals surface area (Å²) in [5.41, 5.74) is 0. The van der Waals surface area contributed by atoms with Gasteiger partial charge in [0.05, 0.1) is 12.6 Å². The van der Waals surface area contributed by atoms with Crippen molar-refractivity contribution in [2.75, 3.05) is 26.2 Å². The van der Waals surface area contributed by atoms with Crippen molar-refractivity contribution in [1.29, 1.82) is 5.26 Å². The van der Waals surface area contributed by atoms with Crippen molar-refractivity contribution in [3.63, 3.8) is 0 Å². The fourth-order valence-corrected chi connectivity index (χ4v) is 2.67. The van der Waals surface area contributed by atoms with Crippen LogP contribution in [0.4, 0.5) is 0 Å². The van der Waals surface area contributed by atoms with Crippen LogP contribution >= 0.6 is 0 Å². The summed E-state index contributed by atoms with van der Waals surface area (Å²) in [5, 5.41) is 12.5. The third-order valence-electron chi connectivity index (χ3n) is 3.95. The SMILES string of the molecule is CC(C)CCNC1CC(C(C)C)CN(CC#N)C1. The summed E-state index contributed by atoms with van der Waals surface area (Å²) in [6.45, 7) is 12.9. The van der Waals surface area contributed by atoms with E-state index in [4.69, 9.17) is 5.26 Å². The average Bonchev–Trinajstić information content (AvgIpc) is 2.28. The van der Waals surface area contributed by atoms with Gasteiger partial charge in [-0.15, -0.1) is 0 Å². The van der Waals surface area contributed by atoms with Crippen LogP contribution in [0.2, 0.25) is 0 Å². The molecule has 1 aliphatic heterocycles. The molecule has 3 nitrogen and oxygen atoms in total. The van der Waals surface area contributed by atoms with Gasteiger partial charge in [-0.1, -0.05) is 27.7 Å². The van der Waals surface area contributed by atoms with Crippen LogP contribution in [0.25, 0.3) is 0 Å². The normalized spacial score (nSPS) is 25.6. The molecule has 0 spiro atoms. The maximum Gasteiger partial charge on any atom is 0.0866 e. The minimum absolute atomic E-state index is 0.568. The first kappa shape index (κ1) is 15.5. The number of likely N-dealkylation sites (tertiary alicyclic amines) is 1. The third kappa shape index (κ3) is 5.37. The van der Waals surface area contributed by atoms with E-state index in [0.29, 0.717) is 18.5 Å². The Morgan fingerprint density at radius 1 is 1.28 bits per heavy atom. The second-order valence-electron chi connectivity index (χ2n) is 6.43. The number of nitriles is 1. The van der Waals surface area contributed by atoms with Crippen LogP contribution in [-0.2, 0) is 0 Å². The molecule has 1 saturated heterocycles. The molecule has 18 heavy (non-hydrogen) atoms. The Labute approximate surface area is 113 Å². The van der Waals surface area contributed by atoms with Gasteiger partial charge in [0.1, 0.15) is 0 Å². The van der Waals surface area contributed by atoms with E-state index in [0.717, 1.165) is 31.5 Å². The van der Waals surface area contributed by atoms with Crippen LogP contribution in [0.5, 0.6) is 0 Å². The molecule has 0 radical (unpaired) electrons. The minimum atomic E-state index is 0.568. The van der Waals surface area contributed by atoms with Crippen LogP contribution in [0.3, 0.4) is 0 Å². The highest BCUT2D eigenvalue weighted by molar-refractivity contribution is 4.88. The topological polar surface area (TPSA) is 39.1 Å². The summed E-state index contributed by atoms with van der Waals surface area (Å²) >= 11 is 0. The molecule has 2 unspecified atom stereocenters. The molecule has 0 aromatic rings. The van der Waals surface area contributed by atoms with Gasteiger partial charge < -0.3 is 5.32 Å². The van der Waals surface area contributed by atoms with Gasteiger partial charge >= 0.3 is 0 Å². The predicted octanol–water partition coefficient (Wildman–Crippen LogP) is 2.49. The zero-order valence-electron chi connectivity index (χ0n) is 12.4. The Morgan fingerprint density at radius 3 is 2.56 bits per heavy atom. The number of hydrogen-bond donors (Lipinski definition) is 1. The number of nitrogens with zero attached hydrogens (tertiary/aromatic N) is 2. The van der Waals surface area contributed by atoms with Gasteiger partial charge in [-0.2, -0.15) is 5.26 Å². The molecule has 104 valence electrons. The molecular weight excluding hydrogens is 222 g/mol. The summed E-state index contributed by atoms with van der Waals surface area (Å²) in [7, 11) is 0. The molecular formula is C15H29N3. The number of rotatable bonds is 6. The molecule has 0 aromatic carbocycles. The van der Waals surface area contributed by atoms with Crippen molar-refractivity contribution in [3.8, 4) is 6.07 Å². The molecule has 0 aromatic heterocycles. The molecule has 0 aliphatic carbocycles. The predicted molar refractivity (Wildman–Crippen MR) is 76.2 cm³/mol. The van der Waals surface area contributed by atoms with E-state index in [9.17, 15) is 0 Å². The van der Waals surface area contributed by atoms with E-state index in [1.165, 1.54) is 12.8 Å². The van der Waals surface area contributed by atoms with Crippen molar-refractivity contribution < 1.29 is 0 Å². The highest BCUT2D eigenvalue weighted by Gasteiger charge is 2.28. The lowest BCUT2D eigenvalue weighted by atomic mass is 9.85. The summed E-state index contributed by atoms with van der Waals surface area (Å²) in [5.74, 6) is 2.20. The Balaban J connectivity index is 2.43. The van der Waals surface area contributed by atoms with Crippen LogP contribution in [0.15, 0.2) is 0 Å². The number of hydrogen-bond acceptors (Lipinski definition) is 3. The fraction of sp³-hybridized carbons (Fsp3) is 0.933. The second kappa shape index (κ2) is 7.76. The Hall–Kier alpha value is -0.590. The molecule has 0 saturated carbocycles. The van der Waals surface area contributed by atoms with E-state index >= 15 is 0 Å². The smallest absolute Gasteiger partial charge is 0.0866 e. The van der Waals surface area contributed by atoms with Crippen molar-refractivity contribution in [2.45, 2.75) is 46.6 Å². The maximum absolute atomic E-state index is 8.87. The average molecular weight is 251 g/mol. The van der Waals surface area contributed by atoms with Crippen molar-refractivity contribution >= 4 is 0 Å². The lowest BCUT2D eigenvalue weighted by Crippen LogP contribution is -2.50. The van der Waals surface area contributed by atoms with Gasteiger partial charge in [0.25, 0.3) is 0 Å². The lowest BCUT2D eigenvalue weighted by Gasteiger charge is -2.39. The fourth-order valence-electron chi connectivity index (χ4n) is 2.67. The lowest BCUT2D eigenvalue weighted by molar-refractivity contribution is 0.127. The first-order chi connectivity index (χ1) is 8.52. The quantitative estimate of drug-likeness (QED) is 0.737. The molecule has 0 bridgehead atoms. The Bertz CT molecular complexity index is 267. The van der Waals surface area contributed by atoms with Crippen LogP contribution in [0.1, 0.15) is 40.5 Å². The largest absolute Gasteiger partial charge is 0.313 e. The Morgan fingerprint density at radius 2 is 2.00 bits per heavy atom. The second-order valence-corrected chi connectivity index (χ2v) is 6.43. The van der Waals surface area contributed by atoms with Crippen LogP contribution in [-0.4, -0.2) is 37.1 Å². The summed E-state index contributed by atoms with van der Waals surface area (Å²) in [6, 6.07) is 2.86. The molecule has 2 atom stereocenters. The zero-order valence-corrected chi connectivity index (χ0v) is 12.4. The number of nitrogens with one attached hydrogen (secondary N) is 1. The molecule has 0 amide bonds. The van der Waals surface area contributed by atoms with Crippen molar-refractivity contribution in [1.82, 2.24) is 10.2 Å². The summed E-state index contributed by atoms with van der Waals surface area (Å²) < 4.78 is 0. The molecule has 1 rings (SSSR count). The zero-order chi connectivity index (χ0) is 13.5. The maximum atomic E-state index is 8.87. The van der Waals surface area contributed by atoms with E-state index in [1.807, 2.05) is 0 Å². The van der Waals surface area contributed by atoms with E-state index in [1.54, 1.807) is 0 Å². The van der Waals surface area contributed by atoms with Gasteiger partial charge in [0.2, 0.25) is 0 Å². The molecule has 1 aliphatic rings. The van der Waals surface area contributed by atoms with Crippen molar-refractivity contribution in [3.05, 3.63) is 0 Å². The standard InChI is InChI=1S/C15H29N3/c1-12(2)5-7-17-15-9-14(13(3)4)10-18(11-15)8-6-16/h12-15,17H,5,7-11H2,1-4H3. The summed E-state index contributed by atoms with van der Waals surface area (Å²) in [6.07, 6.45) is 2.50. The van der Waals surface area contributed by atoms with E-state index in [-0.39, 0.29) is 0 Å². The van der Waals surface area contributed by atoms with Gasteiger partial charge in [-0.3, -0.25) is 4.90 Å². The van der Waals surface area contributed by atoms with Gasteiger partial charge in [-0.05, 0) is 37.1 Å². The molecule has 1 N–H and O–H groups in total. The summed E-state index contributed by atoms with van der Waals surface area (Å²) in [4.78, 5) is 2.31. The van der Waals surface area contributed by atoms with Gasteiger partial charge in [0.15, 0.2) is 0 Å². The highest BCUT2D eigenvalue weighted by Crippen LogP contribution is 2.23. The van der Waals surface area contributed by atoms with Crippen molar-refractivity contribution in [2.24, 2.45) is 17.8 Å². The number of piperidine rings is 1. The van der Waals surface area contributed by atoms with Gasteiger partial charge in [-0.25, -0.2) is 0 Å². The molecule has 1 fully saturated rings. The van der Waals surface area contributed by atoms with Gasteiger partial charge in [0, 0.05) is 19.1 Å². The van der Waals surface area contributed by atoms with E-state index < -0.39 is 0 Å². The Kier molecular flexibility index (Phi) is 6.67. The first-order valence-corrected chi connectivity index (χ1v) is 7.35. The highest BCUT2D eigenvalue weighted by atomic mass is 15.2. The van der Waals surface area contributed by atoms with Crippen LogP contribution < -0.4 is 5.32 Å². The van der Waals surface area contributed by atoms with Crippen LogP contribution in [0, 0.1) is 29.1 Å². The monoisotopic (exact) mass is 251 g/mol. The molecule has 3 heteroatoms. The molecule has 1 heterocycles. The minimum Gasteiger partial charge on any atom is -0.313 e. The van der Waals surface area contributed by atoms with E-state index in [2.05, 4.69) is 44.0 Å². The first-order valence-electron chi connectivity index (χ1n) is 7.35.